The predicted molar refractivity (Wildman–Crippen MR) is 98.8 cm³/mol. The van der Waals surface area contributed by atoms with Gasteiger partial charge in [0.1, 0.15) is 6.07 Å². The normalized spacial score (nSPS) is 21.4. The molecule has 0 saturated carbocycles. The third-order valence-electron chi connectivity index (χ3n) is 5.27. The molecule has 1 atom stereocenters. The maximum Gasteiger partial charge on any atom is 0.195 e. The molecule has 2 aromatic rings. The molecule has 124 valence electrons. The van der Waals surface area contributed by atoms with E-state index in [1.165, 1.54) is 0 Å². The van der Waals surface area contributed by atoms with E-state index in [9.17, 15) is 15.8 Å². The van der Waals surface area contributed by atoms with Gasteiger partial charge in [0.25, 0.3) is 0 Å². The summed E-state index contributed by atoms with van der Waals surface area (Å²) in [5, 5.41) is 38.2. The first-order chi connectivity index (χ1) is 12.5. The number of nitriles is 3. The van der Waals surface area contributed by atoms with E-state index in [4.69, 9.17) is 5.41 Å². The van der Waals surface area contributed by atoms with E-state index < -0.39 is 10.8 Å². The number of nitrogens with one attached hydrogen (secondary N) is 1. The van der Waals surface area contributed by atoms with Gasteiger partial charge in [0.15, 0.2) is 5.41 Å². The Morgan fingerprint density at radius 1 is 0.885 bits per heavy atom. The van der Waals surface area contributed by atoms with Gasteiger partial charge in [0.2, 0.25) is 0 Å². The average molecular weight is 336 g/mol. The third kappa shape index (κ3) is 2.23. The Balaban J connectivity index is 2.35. The molecule has 4 nitrogen and oxygen atoms in total. The molecule has 0 spiro atoms. The van der Waals surface area contributed by atoms with Crippen LogP contribution in [-0.2, 0) is 5.41 Å². The zero-order valence-electron chi connectivity index (χ0n) is 14.3. The summed E-state index contributed by atoms with van der Waals surface area (Å²) in [5.74, 6) is 0. The highest BCUT2D eigenvalue weighted by Crippen LogP contribution is 2.53. The molecule has 0 saturated heterocycles. The fourth-order valence-corrected chi connectivity index (χ4v) is 3.71. The van der Waals surface area contributed by atoms with Crippen molar-refractivity contribution >= 4 is 11.3 Å². The lowest BCUT2D eigenvalue weighted by Crippen LogP contribution is -2.50. The number of benzene rings is 2. The zero-order valence-corrected chi connectivity index (χ0v) is 14.3. The van der Waals surface area contributed by atoms with Crippen molar-refractivity contribution in [2.24, 2.45) is 5.41 Å². The summed E-state index contributed by atoms with van der Waals surface area (Å²) in [5.41, 5.74) is -0.434. The molecule has 0 heterocycles. The van der Waals surface area contributed by atoms with Crippen LogP contribution in [0.3, 0.4) is 0 Å². The lowest BCUT2D eigenvalue weighted by Gasteiger charge is -2.44. The molecule has 2 aromatic carbocycles. The van der Waals surface area contributed by atoms with Gasteiger partial charge in [-0.05, 0) is 23.1 Å². The largest absolute Gasteiger partial charge is 0.301 e. The summed E-state index contributed by atoms with van der Waals surface area (Å²) >= 11 is 0. The van der Waals surface area contributed by atoms with E-state index in [1.807, 2.05) is 67.6 Å². The first-order valence-corrected chi connectivity index (χ1v) is 8.20. The minimum Gasteiger partial charge on any atom is -0.301 e. The fourth-order valence-electron chi connectivity index (χ4n) is 3.71. The molecule has 26 heavy (non-hydrogen) atoms. The maximum absolute atomic E-state index is 9.93. The summed E-state index contributed by atoms with van der Waals surface area (Å²) in [6, 6.07) is 24.9. The molecule has 0 fully saturated rings. The van der Waals surface area contributed by atoms with Crippen molar-refractivity contribution in [3.05, 3.63) is 77.4 Å². The van der Waals surface area contributed by atoms with Crippen LogP contribution in [0.15, 0.2) is 66.2 Å². The minimum absolute atomic E-state index is 0.118. The Kier molecular flexibility index (Phi) is 4.17. The molecule has 1 aliphatic carbocycles. The second kappa shape index (κ2) is 6.32. The maximum atomic E-state index is 9.93. The monoisotopic (exact) mass is 336 g/mol. The van der Waals surface area contributed by atoms with Crippen molar-refractivity contribution in [2.45, 2.75) is 18.8 Å². The number of rotatable bonds is 2. The highest BCUT2D eigenvalue weighted by molar-refractivity contribution is 6.16. The first kappa shape index (κ1) is 17.2. The van der Waals surface area contributed by atoms with Gasteiger partial charge in [-0.3, -0.25) is 0 Å². The molecule has 1 unspecified atom stereocenters. The lowest BCUT2D eigenvalue weighted by atomic mass is 9.53. The topological polar surface area (TPSA) is 95.2 Å². The van der Waals surface area contributed by atoms with Gasteiger partial charge in [-0.25, -0.2) is 0 Å². The van der Waals surface area contributed by atoms with Gasteiger partial charge in [-0.2, -0.15) is 15.8 Å². The molecule has 4 heteroatoms. The van der Waals surface area contributed by atoms with Gasteiger partial charge in [-0.1, -0.05) is 67.6 Å². The minimum atomic E-state index is -1.72. The summed E-state index contributed by atoms with van der Waals surface area (Å²) in [6.45, 7) is 1.83. The molecule has 1 N–H and O–H groups in total. The van der Waals surface area contributed by atoms with Crippen LogP contribution in [0.25, 0.3) is 5.57 Å². The molecule has 3 rings (SSSR count). The second-order valence-corrected chi connectivity index (χ2v) is 6.55. The van der Waals surface area contributed by atoms with Crippen LogP contribution in [-0.4, -0.2) is 5.71 Å². The van der Waals surface area contributed by atoms with E-state index in [0.717, 1.165) is 11.1 Å². The van der Waals surface area contributed by atoms with E-state index in [-0.39, 0.29) is 11.3 Å². The van der Waals surface area contributed by atoms with Crippen molar-refractivity contribution in [1.82, 2.24) is 0 Å². The summed E-state index contributed by atoms with van der Waals surface area (Å²) in [4.78, 5) is 0. The molecular weight excluding hydrogens is 320 g/mol. The Bertz CT molecular complexity index is 1000. The third-order valence-corrected chi connectivity index (χ3v) is 5.27. The molecule has 1 aliphatic rings. The number of hydrogen-bond donors (Lipinski definition) is 1. The highest BCUT2D eigenvalue weighted by atomic mass is 14.6. The first-order valence-electron chi connectivity index (χ1n) is 8.20. The van der Waals surface area contributed by atoms with Crippen molar-refractivity contribution in [3.8, 4) is 18.2 Å². The fraction of sp³-hybridized carbons (Fsp3) is 0.182. The van der Waals surface area contributed by atoms with Crippen LogP contribution in [0.2, 0.25) is 0 Å². The standard InChI is InChI=1S/C22H16N4/c1-21(17-10-6-3-7-11-17)12-18(16-8-4-2-5-9-16)19(13-23)20(26)22(21,14-24)15-25/h2-11,26H,12H2,1H3. The van der Waals surface area contributed by atoms with Crippen molar-refractivity contribution in [3.63, 3.8) is 0 Å². The van der Waals surface area contributed by atoms with E-state index in [1.54, 1.807) is 0 Å². The van der Waals surface area contributed by atoms with Crippen molar-refractivity contribution in [1.29, 1.82) is 21.2 Å². The summed E-state index contributed by atoms with van der Waals surface area (Å²) < 4.78 is 0. The Labute approximate surface area is 152 Å². The van der Waals surface area contributed by atoms with Crippen molar-refractivity contribution < 1.29 is 0 Å². The van der Waals surface area contributed by atoms with Gasteiger partial charge >= 0.3 is 0 Å². The van der Waals surface area contributed by atoms with Gasteiger partial charge < -0.3 is 5.41 Å². The summed E-state index contributed by atoms with van der Waals surface area (Å²) in [6.07, 6.45) is 0.327. The van der Waals surface area contributed by atoms with E-state index >= 15 is 0 Å². The molecular formula is C22H16N4. The van der Waals surface area contributed by atoms with Gasteiger partial charge in [0.05, 0.1) is 23.4 Å². The summed E-state index contributed by atoms with van der Waals surface area (Å²) in [7, 11) is 0. The van der Waals surface area contributed by atoms with E-state index in [2.05, 4.69) is 18.2 Å². The molecule has 0 bridgehead atoms. The number of allylic oxidation sites excluding steroid dienone is 2. The zero-order chi connectivity index (χ0) is 18.8. The SMILES string of the molecule is CC1(c2ccccc2)CC(c2ccccc2)=C(C#N)C(=N)C1(C#N)C#N. The average Bonchev–Trinajstić information content (AvgIpc) is 2.70. The molecule has 0 aliphatic heterocycles. The van der Waals surface area contributed by atoms with Crippen LogP contribution in [0.1, 0.15) is 24.5 Å². The van der Waals surface area contributed by atoms with Gasteiger partial charge in [-0.15, -0.1) is 0 Å². The van der Waals surface area contributed by atoms with Crippen LogP contribution in [0.5, 0.6) is 0 Å². The van der Waals surface area contributed by atoms with Gasteiger partial charge in [0, 0.05) is 5.41 Å². The lowest BCUT2D eigenvalue weighted by molar-refractivity contribution is 0.357. The number of nitrogens with zero attached hydrogens (tertiary/aromatic N) is 3. The number of hydrogen-bond acceptors (Lipinski definition) is 4. The Morgan fingerprint density at radius 2 is 1.42 bits per heavy atom. The predicted octanol–water partition coefficient (Wildman–Crippen LogP) is 4.38. The van der Waals surface area contributed by atoms with Crippen LogP contribution in [0, 0.1) is 44.8 Å². The molecule has 0 aromatic heterocycles. The highest BCUT2D eigenvalue weighted by Gasteiger charge is 2.58. The Hall–Kier alpha value is -3.68. The van der Waals surface area contributed by atoms with Crippen LogP contribution < -0.4 is 0 Å². The van der Waals surface area contributed by atoms with Crippen LogP contribution in [0.4, 0.5) is 0 Å². The van der Waals surface area contributed by atoms with Crippen LogP contribution >= 0.6 is 0 Å². The van der Waals surface area contributed by atoms with Crippen molar-refractivity contribution in [2.75, 3.05) is 0 Å². The van der Waals surface area contributed by atoms with E-state index in [0.29, 0.717) is 12.0 Å². The quantitative estimate of drug-likeness (QED) is 0.881. The second-order valence-electron chi connectivity index (χ2n) is 6.55. The Morgan fingerprint density at radius 3 is 1.92 bits per heavy atom. The molecule has 0 amide bonds. The molecule has 0 radical (unpaired) electrons. The smallest absolute Gasteiger partial charge is 0.195 e.